The fraction of sp³-hybridized carbons (Fsp3) is 0.143. The molecule has 2 aromatic carbocycles. The smallest absolute Gasteiger partial charge is 0.416 e. The zero-order valence-electron chi connectivity index (χ0n) is 11.3. The molecule has 0 aliphatic carbocycles. The van der Waals surface area contributed by atoms with Crippen LogP contribution < -0.4 is 10.1 Å². The second kappa shape index (κ2) is 5.92. The highest BCUT2D eigenvalue weighted by Crippen LogP contribution is 2.36. The van der Waals surface area contributed by atoms with Crippen LogP contribution in [0.25, 0.3) is 0 Å². The Labute approximate surface area is 123 Å². The van der Waals surface area contributed by atoms with Crippen LogP contribution in [0.4, 0.5) is 30.2 Å². The van der Waals surface area contributed by atoms with E-state index in [9.17, 15) is 23.3 Å². The van der Waals surface area contributed by atoms with Crippen LogP contribution in [0.1, 0.15) is 5.56 Å². The van der Waals surface area contributed by atoms with E-state index in [-0.39, 0.29) is 5.69 Å². The normalized spacial score (nSPS) is 11.1. The average Bonchev–Trinajstić information content (AvgIpc) is 2.46. The lowest BCUT2D eigenvalue weighted by atomic mass is 10.1. The van der Waals surface area contributed by atoms with Gasteiger partial charge in [0, 0.05) is 17.8 Å². The third-order valence-electron chi connectivity index (χ3n) is 2.87. The lowest BCUT2D eigenvalue weighted by Crippen LogP contribution is -2.06. The van der Waals surface area contributed by atoms with Crippen molar-refractivity contribution in [3.05, 3.63) is 58.1 Å². The van der Waals surface area contributed by atoms with E-state index in [1.165, 1.54) is 7.11 Å². The first-order valence-corrected chi connectivity index (χ1v) is 6.08. The first kappa shape index (κ1) is 15.6. The van der Waals surface area contributed by atoms with E-state index in [0.717, 1.165) is 12.1 Å². The van der Waals surface area contributed by atoms with Gasteiger partial charge >= 0.3 is 6.18 Å². The molecule has 0 aromatic heterocycles. The van der Waals surface area contributed by atoms with Crippen molar-refractivity contribution in [2.24, 2.45) is 0 Å². The second-order valence-electron chi connectivity index (χ2n) is 4.34. The highest BCUT2D eigenvalue weighted by atomic mass is 19.4. The molecule has 22 heavy (non-hydrogen) atoms. The van der Waals surface area contributed by atoms with Gasteiger partial charge in [-0.3, -0.25) is 10.1 Å². The van der Waals surface area contributed by atoms with Crippen LogP contribution in [0.15, 0.2) is 42.5 Å². The van der Waals surface area contributed by atoms with E-state index < -0.39 is 22.4 Å². The number of nitro groups is 1. The molecule has 0 atom stereocenters. The molecule has 0 saturated carbocycles. The van der Waals surface area contributed by atoms with Crippen LogP contribution in [-0.4, -0.2) is 12.0 Å². The van der Waals surface area contributed by atoms with Gasteiger partial charge in [-0.15, -0.1) is 0 Å². The van der Waals surface area contributed by atoms with Crippen molar-refractivity contribution in [3.63, 3.8) is 0 Å². The number of alkyl halides is 3. The fourth-order valence-corrected chi connectivity index (χ4v) is 1.82. The van der Waals surface area contributed by atoms with Crippen LogP contribution in [0.5, 0.6) is 5.75 Å². The maximum atomic E-state index is 12.6. The van der Waals surface area contributed by atoms with Gasteiger partial charge in [0.1, 0.15) is 11.4 Å². The molecule has 1 N–H and O–H groups in total. The Bertz CT molecular complexity index is 702. The van der Waals surface area contributed by atoms with Gasteiger partial charge in [-0.25, -0.2) is 0 Å². The number of halogens is 3. The number of benzene rings is 2. The number of nitrogens with zero attached hydrogens (tertiary/aromatic N) is 1. The monoisotopic (exact) mass is 312 g/mol. The fourth-order valence-electron chi connectivity index (χ4n) is 1.82. The number of hydrogen-bond donors (Lipinski definition) is 1. The van der Waals surface area contributed by atoms with Gasteiger partial charge < -0.3 is 10.1 Å². The summed E-state index contributed by atoms with van der Waals surface area (Å²) in [6.07, 6.45) is -4.64. The quantitative estimate of drug-likeness (QED) is 0.672. The van der Waals surface area contributed by atoms with Crippen molar-refractivity contribution in [1.29, 1.82) is 0 Å². The lowest BCUT2D eigenvalue weighted by Gasteiger charge is -2.11. The number of anilines is 2. The summed E-state index contributed by atoms with van der Waals surface area (Å²) in [6.45, 7) is 0. The number of nitro benzene ring substituents is 1. The molecule has 0 fully saturated rings. The van der Waals surface area contributed by atoms with Gasteiger partial charge in [-0.05, 0) is 24.3 Å². The van der Waals surface area contributed by atoms with Crippen LogP contribution in [-0.2, 0) is 6.18 Å². The van der Waals surface area contributed by atoms with Gasteiger partial charge in [0.2, 0.25) is 0 Å². The summed E-state index contributed by atoms with van der Waals surface area (Å²) in [5.74, 6) is 0.513. The highest BCUT2D eigenvalue weighted by molar-refractivity contribution is 5.70. The molecular formula is C14H11F3N2O3. The Morgan fingerprint density at radius 2 is 1.91 bits per heavy atom. The minimum absolute atomic E-state index is 0.0359. The van der Waals surface area contributed by atoms with Crippen LogP contribution in [0.2, 0.25) is 0 Å². The number of nitrogens with one attached hydrogen (secondary N) is 1. The summed E-state index contributed by atoms with van der Waals surface area (Å²) in [5.41, 5.74) is -1.30. The minimum atomic E-state index is -4.64. The first-order chi connectivity index (χ1) is 10.3. The molecule has 2 aromatic rings. The summed E-state index contributed by atoms with van der Waals surface area (Å²) >= 11 is 0. The Balaban J connectivity index is 2.40. The highest BCUT2D eigenvalue weighted by Gasteiger charge is 2.33. The SMILES string of the molecule is COc1cccc(Nc2ccc(C(F)(F)F)cc2[N+](=O)[O-])c1. The molecule has 116 valence electrons. The lowest BCUT2D eigenvalue weighted by molar-refractivity contribution is -0.384. The zero-order valence-corrected chi connectivity index (χ0v) is 11.3. The van der Waals surface area contributed by atoms with Gasteiger partial charge in [-0.1, -0.05) is 6.07 Å². The Morgan fingerprint density at radius 3 is 2.50 bits per heavy atom. The molecule has 0 aliphatic heterocycles. The molecule has 0 unspecified atom stereocenters. The summed E-state index contributed by atoms with van der Waals surface area (Å²) < 4.78 is 42.9. The van der Waals surface area contributed by atoms with Crippen LogP contribution >= 0.6 is 0 Å². The molecular weight excluding hydrogens is 301 g/mol. The number of ether oxygens (including phenoxy) is 1. The summed E-state index contributed by atoms with van der Waals surface area (Å²) in [6, 6.07) is 8.83. The van der Waals surface area contributed by atoms with E-state index >= 15 is 0 Å². The largest absolute Gasteiger partial charge is 0.497 e. The summed E-state index contributed by atoms with van der Waals surface area (Å²) in [4.78, 5) is 10.1. The Morgan fingerprint density at radius 1 is 1.18 bits per heavy atom. The molecule has 5 nitrogen and oxygen atoms in total. The molecule has 0 aliphatic rings. The standard InChI is InChI=1S/C14H11F3N2O3/c1-22-11-4-2-3-10(8-11)18-12-6-5-9(14(15,16)17)7-13(12)19(20)21/h2-8,18H,1H3. The van der Waals surface area contributed by atoms with Gasteiger partial charge in [0.15, 0.2) is 0 Å². The molecule has 0 radical (unpaired) electrons. The predicted molar refractivity (Wildman–Crippen MR) is 74.4 cm³/mol. The molecule has 8 heteroatoms. The van der Waals surface area contributed by atoms with Crippen molar-refractivity contribution in [1.82, 2.24) is 0 Å². The van der Waals surface area contributed by atoms with Crippen LogP contribution in [0, 0.1) is 10.1 Å². The first-order valence-electron chi connectivity index (χ1n) is 6.08. The number of methoxy groups -OCH3 is 1. The molecule has 0 saturated heterocycles. The van der Waals surface area contributed by atoms with Crippen molar-refractivity contribution < 1.29 is 22.8 Å². The molecule has 0 amide bonds. The molecule has 0 bridgehead atoms. The number of hydrogen-bond acceptors (Lipinski definition) is 4. The molecule has 2 rings (SSSR count). The van der Waals surface area contributed by atoms with Crippen LogP contribution in [0.3, 0.4) is 0 Å². The van der Waals surface area contributed by atoms with E-state index in [0.29, 0.717) is 17.5 Å². The molecule has 0 spiro atoms. The Kier molecular flexibility index (Phi) is 4.20. The summed E-state index contributed by atoms with van der Waals surface area (Å²) in [5, 5.41) is 13.7. The minimum Gasteiger partial charge on any atom is -0.497 e. The zero-order chi connectivity index (χ0) is 16.3. The average molecular weight is 312 g/mol. The van der Waals surface area contributed by atoms with E-state index in [2.05, 4.69) is 5.32 Å². The van der Waals surface area contributed by atoms with Gasteiger partial charge in [0.25, 0.3) is 5.69 Å². The Hall–Kier alpha value is -2.77. The summed E-state index contributed by atoms with van der Waals surface area (Å²) in [7, 11) is 1.46. The maximum Gasteiger partial charge on any atom is 0.416 e. The van der Waals surface area contributed by atoms with Gasteiger partial charge in [-0.2, -0.15) is 13.2 Å². The van der Waals surface area contributed by atoms with Crippen molar-refractivity contribution in [3.8, 4) is 5.75 Å². The third kappa shape index (κ3) is 3.46. The maximum absolute atomic E-state index is 12.6. The van der Waals surface area contributed by atoms with E-state index in [1.54, 1.807) is 24.3 Å². The van der Waals surface area contributed by atoms with Gasteiger partial charge in [0.05, 0.1) is 17.6 Å². The third-order valence-corrected chi connectivity index (χ3v) is 2.87. The number of rotatable bonds is 4. The van der Waals surface area contributed by atoms with E-state index in [1.807, 2.05) is 0 Å². The predicted octanol–water partition coefficient (Wildman–Crippen LogP) is 4.37. The van der Waals surface area contributed by atoms with Crippen molar-refractivity contribution >= 4 is 17.1 Å². The van der Waals surface area contributed by atoms with Crippen molar-refractivity contribution in [2.75, 3.05) is 12.4 Å². The second-order valence-corrected chi connectivity index (χ2v) is 4.34. The topological polar surface area (TPSA) is 64.4 Å². The van der Waals surface area contributed by atoms with Crippen molar-refractivity contribution in [2.45, 2.75) is 6.18 Å². The van der Waals surface area contributed by atoms with E-state index in [4.69, 9.17) is 4.74 Å². The molecule has 0 heterocycles.